The Labute approximate surface area is 63.4 Å². The minimum absolute atomic E-state index is 0.243. The van der Waals surface area contributed by atoms with E-state index in [9.17, 15) is 0 Å². The van der Waals surface area contributed by atoms with Crippen LogP contribution in [0, 0.1) is 0 Å². The number of halogens is 1. The Morgan fingerprint density at radius 3 is 2.70 bits per heavy atom. The van der Waals surface area contributed by atoms with E-state index in [0.717, 1.165) is 0 Å². The molecule has 0 spiro atoms. The normalized spacial score (nSPS) is 13.5. The van der Waals surface area contributed by atoms with Crippen molar-refractivity contribution in [1.29, 1.82) is 0 Å². The van der Waals surface area contributed by atoms with Crippen LogP contribution in [-0.4, -0.2) is 10.2 Å². The third-order valence-corrected chi connectivity index (χ3v) is 1.18. The zero-order chi connectivity index (χ0) is 7.56. The van der Waals surface area contributed by atoms with Gasteiger partial charge >= 0.3 is 0 Å². The lowest BCUT2D eigenvalue weighted by Crippen LogP contribution is -1.95. The molecule has 1 aromatic heterocycles. The fourth-order valence-electron chi connectivity index (χ4n) is 0.510. The van der Waals surface area contributed by atoms with Crippen LogP contribution in [0.4, 0.5) is 0 Å². The van der Waals surface area contributed by atoms with Crippen molar-refractivity contribution in [2.45, 2.75) is 18.8 Å². The molecule has 10 heavy (non-hydrogen) atoms. The van der Waals surface area contributed by atoms with Crippen LogP contribution < -0.4 is 5.73 Å². The highest BCUT2D eigenvalue weighted by Crippen LogP contribution is 2.16. The molecule has 56 valence electrons. The van der Waals surface area contributed by atoms with Crippen LogP contribution >= 0.6 is 11.6 Å². The molecule has 0 saturated heterocycles. The summed E-state index contributed by atoms with van der Waals surface area (Å²) in [5.74, 6) is 0.838. The molecule has 5 heteroatoms. The summed E-state index contributed by atoms with van der Waals surface area (Å²) in [6.45, 7) is 2.02. The Bertz CT molecular complexity index is 210. The first-order valence-corrected chi connectivity index (χ1v) is 3.34. The van der Waals surface area contributed by atoms with Crippen molar-refractivity contribution in [3.63, 3.8) is 0 Å². The van der Waals surface area contributed by atoms with Crippen LogP contribution in [0.1, 0.15) is 24.1 Å². The smallest absolute Gasteiger partial charge is 0.234 e. The van der Waals surface area contributed by atoms with E-state index < -0.39 is 0 Å². The van der Waals surface area contributed by atoms with Gasteiger partial charge in [-0.15, -0.1) is 21.8 Å². The lowest BCUT2D eigenvalue weighted by Gasteiger charge is -1.90. The van der Waals surface area contributed by atoms with Gasteiger partial charge in [0.1, 0.15) is 5.38 Å². The van der Waals surface area contributed by atoms with Gasteiger partial charge in [-0.25, -0.2) is 0 Å². The molecule has 0 amide bonds. The molecular weight excluding hydrogens is 154 g/mol. The summed E-state index contributed by atoms with van der Waals surface area (Å²) in [6.07, 6.45) is 0. The molecule has 0 aliphatic heterocycles. The summed E-state index contributed by atoms with van der Waals surface area (Å²) in [5, 5.41) is 7.04. The first-order chi connectivity index (χ1) is 4.74. The van der Waals surface area contributed by atoms with Crippen molar-refractivity contribution in [3.8, 4) is 0 Å². The molecule has 0 saturated carbocycles. The Hall–Kier alpha value is -0.610. The average Bonchev–Trinajstić information content (AvgIpc) is 2.34. The summed E-state index contributed by atoms with van der Waals surface area (Å²) in [7, 11) is 0. The second kappa shape index (κ2) is 2.98. The summed E-state index contributed by atoms with van der Waals surface area (Å²) in [6, 6.07) is 0. The van der Waals surface area contributed by atoms with Gasteiger partial charge < -0.3 is 10.2 Å². The fraction of sp³-hybridized carbons (Fsp3) is 0.600. The standard InChI is InChI=1S/C5H8ClN3O/c1-3(6)5-9-8-4(2-7)10-5/h3H,2,7H2,1H3. The van der Waals surface area contributed by atoms with Crippen LogP contribution in [0.3, 0.4) is 0 Å². The first kappa shape index (κ1) is 7.50. The second-order valence-corrected chi connectivity index (χ2v) is 2.51. The molecule has 0 aliphatic carbocycles. The lowest BCUT2D eigenvalue weighted by molar-refractivity contribution is 0.452. The Morgan fingerprint density at radius 2 is 2.40 bits per heavy atom. The van der Waals surface area contributed by atoms with Gasteiger partial charge in [-0.3, -0.25) is 0 Å². The summed E-state index contributed by atoms with van der Waals surface area (Å²) < 4.78 is 5.02. The molecular formula is C5H8ClN3O. The zero-order valence-corrected chi connectivity index (χ0v) is 6.30. The lowest BCUT2D eigenvalue weighted by atomic mass is 10.5. The van der Waals surface area contributed by atoms with Crippen molar-refractivity contribution in [3.05, 3.63) is 11.8 Å². The zero-order valence-electron chi connectivity index (χ0n) is 5.54. The number of hydrogen-bond acceptors (Lipinski definition) is 4. The fourth-order valence-corrected chi connectivity index (χ4v) is 0.598. The maximum Gasteiger partial charge on any atom is 0.234 e. The summed E-state index contributed by atoms with van der Waals surface area (Å²) in [5.41, 5.74) is 5.22. The maximum absolute atomic E-state index is 5.64. The van der Waals surface area contributed by atoms with E-state index >= 15 is 0 Å². The Morgan fingerprint density at radius 1 is 1.70 bits per heavy atom. The monoisotopic (exact) mass is 161 g/mol. The topological polar surface area (TPSA) is 64.9 Å². The van der Waals surface area contributed by atoms with Gasteiger partial charge in [0.15, 0.2) is 0 Å². The molecule has 1 aromatic rings. The third-order valence-electron chi connectivity index (χ3n) is 0.997. The van der Waals surface area contributed by atoms with Crippen molar-refractivity contribution < 1.29 is 4.42 Å². The number of nitrogens with zero attached hydrogens (tertiary/aromatic N) is 2. The number of alkyl halides is 1. The van der Waals surface area contributed by atoms with Gasteiger partial charge in [0, 0.05) is 0 Å². The van der Waals surface area contributed by atoms with Crippen LogP contribution in [0.25, 0.3) is 0 Å². The molecule has 0 bridgehead atoms. The van der Waals surface area contributed by atoms with E-state index in [1.54, 1.807) is 6.92 Å². The molecule has 2 N–H and O–H groups in total. The van der Waals surface area contributed by atoms with Crippen LogP contribution in [0.15, 0.2) is 4.42 Å². The minimum atomic E-state index is -0.243. The largest absolute Gasteiger partial charge is 0.422 e. The van der Waals surface area contributed by atoms with Crippen LogP contribution in [-0.2, 0) is 6.54 Å². The predicted octanol–water partition coefficient (Wildman–Crippen LogP) is 0.828. The minimum Gasteiger partial charge on any atom is -0.422 e. The molecule has 0 radical (unpaired) electrons. The molecule has 1 heterocycles. The van der Waals surface area contributed by atoms with Gasteiger partial charge in [-0.1, -0.05) is 0 Å². The highest BCUT2D eigenvalue weighted by molar-refractivity contribution is 6.20. The highest BCUT2D eigenvalue weighted by Gasteiger charge is 2.08. The summed E-state index contributed by atoms with van der Waals surface area (Å²) in [4.78, 5) is 0. The molecule has 0 aromatic carbocycles. The molecule has 1 atom stereocenters. The SMILES string of the molecule is CC(Cl)c1nnc(CN)o1. The van der Waals surface area contributed by atoms with E-state index in [2.05, 4.69) is 10.2 Å². The van der Waals surface area contributed by atoms with Crippen molar-refractivity contribution in [2.75, 3.05) is 0 Å². The maximum atomic E-state index is 5.64. The van der Waals surface area contributed by atoms with Crippen LogP contribution in [0.5, 0.6) is 0 Å². The average molecular weight is 162 g/mol. The molecule has 0 fully saturated rings. The van der Waals surface area contributed by atoms with E-state index in [1.807, 2.05) is 0 Å². The Kier molecular flexibility index (Phi) is 2.24. The second-order valence-electron chi connectivity index (χ2n) is 1.85. The molecule has 4 nitrogen and oxygen atoms in total. The molecule has 1 rings (SSSR count). The van der Waals surface area contributed by atoms with Crippen molar-refractivity contribution >= 4 is 11.6 Å². The van der Waals surface area contributed by atoms with Gasteiger partial charge in [-0.2, -0.15) is 0 Å². The van der Waals surface area contributed by atoms with Crippen molar-refractivity contribution in [1.82, 2.24) is 10.2 Å². The van der Waals surface area contributed by atoms with Gasteiger partial charge in [0.2, 0.25) is 11.8 Å². The van der Waals surface area contributed by atoms with E-state index in [4.69, 9.17) is 21.8 Å². The number of hydrogen-bond donors (Lipinski definition) is 1. The van der Waals surface area contributed by atoms with Crippen molar-refractivity contribution in [2.24, 2.45) is 5.73 Å². The van der Waals surface area contributed by atoms with Gasteiger partial charge in [-0.05, 0) is 6.92 Å². The number of rotatable bonds is 2. The van der Waals surface area contributed by atoms with Gasteiger partial charge in [0.05, 0.1) is 6.54 Å². The Balaban J connectivity index is 2.78. The number of nitrogens with two attached hydrogens (primary N) is 1. The molecule has 1 unspecified atom stereocenters. The predicted molar refractivity (Wildman–Crippen MR) is 36.5 cm³/mol. The third kappa shape index (κ3) is 1.46. The van der Waals surface area contributed by atoms with Gasteiger partial charge in [0.25, 0.3) is 0 Å². The highest BCUT2D eigenvalue weighted by atomic mass is 35.5. The van der Waals surface area contributed by atoms with E-state index in [-0.39, 0.29) is 11.9 Å². The van der Waals surface area contributed by atoms with E-state index in [1.165, 1.54) is 0 Å². The molecule has 0 aliphatic rings. The number of aromatic nitrogens is 2. The quantitative estimate of drug-likeness (QED) is 0.653. The van der Waals surface area contributed by atoms with E-state index in [0.29, 0.717) is 11.8 Å². The first-order valence-electron chi connectivity index (χ1n) is 2.90. The van der Waals surface area contributed by atoms with Crippen LogP contribution in [0.2, 0.25) is 0 Å². The summed E-state index contributed by atoms with van der Waals surface area (Å²) >= 11 is 5.64.